The van der Waals surface area contributed by atoms with E-state index in [1.54, 1.807) is 14.0 Å². The molecule has 0 radical (unpaired) electrons. The third-order valence-electron chi connectivity index (χ3n) is 3.44. The molecule has 0 aliphatic heterocycles. The number of hydrogen-bond donors (Lipinski definition) is 1. The van der Waals surface area contributed by atoms with Crippen LogP contribution in [0, 0.1) is 0 Å². The Hall–Kier alpha value is -0.660. The van der Waals surface area contributed by atoms with E-state index in [1.165, 1.54) is 4.31 Å². The zero-order valence-corrected chi connectivity index (χ0v) is 11.8. The second-order valence-corrected chi connectivity index (χ2v) is 6.62. The lowest BCUT2D eigenvalue weighted by Crippen LogP contribution is -2.48. The van der Waals surface area contributed by atoms with Crippen LogP contribution in [0.5, 0.6) is 0 Å². The Labute approximate surface area is 109 Å². The molecule has 0 saturated heterocycles. The molecule has 0 amide bonds. The second kappa shape index (κ2) is 6.49. The summed E-state index contributed by atoms with van der Waals surface area (Å²) in [7, 11) is -2.11. The third kappa shape index (κ3) is 3.66. The van der Waals surface area contributed by atoms with Crippen LogP contribution < -0.4 is 0 Å². The van der Waals surface area contributed by atoms with Gasteiger partial charge < -0.3 is 5.11 Å². The minimum absolute atomic E-state index is 0.00611. The molecule has 1 saturated carbocycles. The standard InChI is InChI=1S/C11H22N2O4S/c1-3-13(9-11(14)15)18(16,17)12(2)10-7-5-4-6-8-10/h10H,3-9H2,1-2H3,(H,14,15). The highest BCUT2D eigenvalue weighted by Crippen LogP contribution is 2.24. The first-order chi connectivity index (χ1) is 8.39. The molecular weight excluding hydrogens is 256 g/mol. The van der Waals surface area contributed by atoms with E-state index in [1.807, 2.05) is 0 Å². The van der Waals surface area contributed by atoms with Crippen LogP contribution in [0.4, 0.5) is 0 Å². The van der Waals surface area contributed by atoms with Crippen LogP contribution in [0.2, 0.25) is 0 Å². The topological polar surface area (TPSA) is 77.9 Å². The fraction of sp³-hybridized carbons (Fsp3) is 0.909. The molecule has 1 fully saturated rings. The molecule has 1 aliphatic rings. The van der Waals surface area contributed by atoms with Crippen LogP contribution in [0.25, 0.3) is 0 Å². The molecule has 0 aromatic carbocycles. The lowest BCUT2D eigenvalue weighted by molar-refractivity contribution is -0.137. The van der Waals surface area contributed by atoms with Gasteiger partial charge in [0.2, 0.25) is 0 Å². The Morgan fingerprint density at radius 3 is 2.28 bits per heavy atom. The van der Waals surface area contributed by atoms with E-state index in [-0.39, 0.29) is 12.6 Å². The summed E-state index contributed by atoms with van der Waals surface area (Å²) in [5.41, 5.74) is 0. The molecule has 0 spiro atoms. The van der Waals surface area contributed by atoms with E-state index in [2.05, 4.69) is 0 Å². The highest BCUT2D eigenvalue weighted by atomic mass is 32.2. The van der Waals surface area contributed by atoms with Gasteiger partial charge in [-0.3, -0.25) is 4.79 Å². The molecule has 6 nitrogen and oxygen atoms in total. The van der Waals surface area contributed by atoms with E-state index >= 15 is 0 Å². The lowest BCUT2D eigenvalue weighted by Gasteiger charge is -2.33. The Morgan fingerprint density at radius 2 is 1.83 bits per heavy atom. The molecule has 1 rings (SSSR count). The summed E-state index contributed by atoms with van der Waals surface area (Å²) in [6.45, 7) is 1.34. The molecule has 1 N–H and O–H groups in total. The highest BCUT2D eigenvalue weighted by Gasteiger charge is 2.32. The summed E-state index contributed by atoms with van der Waals surface area (Å²) >= 11 is 0. The van der Waals surface area contributed by atoms with E-state index < -0.39 is 22.7 Å². The zero-order chi connectivity index (χ0) is 13.8. The van der Waals surface area contributed by atoms with Crippen molar-refractivity contribution in [3.8, 4) is 0 Å². The van der Waals surface area contributed by atoms with E-state index in [0.29, 0.717) is 0 Å². The van der Waals surface area contributed by atoms with Crippen molar-refractivity contribution in [2.75, 3.05) is 20.1 Å². The lowest BCUT2D eigenvalue weighted by atomic mass is 9.96. The first kappa shape index (κ1) is 15.4. The summed E-state index contributed by atoms with van der Waals surface area (Å²) in [6, 6.07) is 0.00611. The van der Waals surface area contributed by atoms with Crippen LogP contribution in [0.1, 0.15) is 39.0 Å². The summed E-state index contributed by atoms with van der Waals surface area (Å²) in [6.07, 6.45) is 4.95. The molecule has 7 heteroatoms. The maximum atomic E-state index is 12.3. The molecule has 106 valence electrons. The number of rotatable bonds is 6. The highest BCUT2D eigenvalue weighted by molar-refractivity contribution is 7.86. The van der Waals surface area contributed by atoms with Crippen molar-refractivity contribution in [2.45, 2.75) is 45.1 Å². The summed E-state index contributed by atoms with van der Waals surface area (Å²) < 4.78 is 26.9. The van der Waals surface area contributed by atoms with E-state index in [0.717, 1.165) is 36.4 Å². The number of carbonyl (C=O) groups is 1. The first-order valence-electron chi connectivity index (χ1n) is 6.34. The Bertz CT molecular complexity index is 377. The van der Waals surface area contributed by atoms with Gasteiger partial charge in [-0.2, -0.15) is 17.0 Å². The van der Waals surface area contributed by atoms with E-state index in [9.17, 15) is 13.2 Å². The monoisotopic (exact) mass is 278 g/mol. The van der Waals surface area contributed by atoms with E-state index in [4.69, 9.17) is 5.11 Å². The van der Waals surface area contributed by atoms with Crippen molar-refractivity contribution < 1.29 is 18.3 Å². The van der Waals surface area contributed by atoms with Gasteiger partial charge in [0.25, 0.3) is 10.2 Å². The SMILES string of the molecule is CCN(CC(=O)O)S(=O)(=O)N(C)C1CCCCC1. The summed E-state index contributed by atoms with van der Waals surface area (Å²) in [4.78, 5) is 10.7. The second-order valence-electron chi connectivity index (χ2n) is 4.64. The van der Waals surface area contributed by atoms with Gasteiger partial charge in [-0.1, -0.05) is 26.2 Å². The van der Waals surface area contributed by atoms with Crippen molar-refractivity contribution in [2.24, 2.45) is 0 Å². The molecule has 0 aromatic rings. The molecule has 0 bridgehead atoms. The van der Waals surface area contributed by atoms with Gasteiger partial charge in [-0.05, 0) is 12.8 Å². The Kier molecular flexibility index (Phi) is 5.55. The smallest absolute Gasteiger partial charge is 0.318 e. The molecule has 0 unspecified atom stereocenters. The van der Waals surface area contributed by atoms with Crippen molar-refractivity contribution in [1.82, 2.24) is 8.61 Å². The van der Waals surface area contributed by atoms with Gasteiger partial charge in [-0.15, -0.1) is 0 Å². The van der Waals surface area contributed by atoms with Crippen LogP contribution >= 0.6 is 0 Å². The summed E-state index contributed by atoms with van der Waals surface area (Å²) in [5, 5.41) is 8.75. The number of carboxylic acid groups (broad SMARTS) is 1. The first-order valence-corrected chi connectivity index (χ1v) is 7.74. The normalized spacial score (nSPS) is 18.4. The van der Waals surface area contributed by atoms with Crippen LogP contribution in [0.3, 0.4) is 0 Å². The molecule has 18 heavy (non-hydrogen) atoms. The maximum Gasteiger partial charge on any atom is 0.318 e. The maximum absolute atomic E-state index is 12.3. The van der Waals surface area contributed by atoms with Gasteiger partial charge in [-0.25, -0.2) is 0 Å². The molecule has 0 atom stereocenters. The number of aliphatic carboxylic acids is 1. The van der Waals surface area contributed by atoms with Gasteiger partial charge in [0.1, 0.15) is 6.54 Å². The quantitative estimate of drug-likeness (QED) is 0.783. The number of hydrogen-bond acceptors (Lipinski definition) is 3. The number of nitrogens with zero attached hydrogens (tertiary/aromatic N) is 2. The molecular formula is C11H22N2O4S. The van der Waals surface area contributed by atoms with Crippen molar-refractivity contribution >= 4 is 16.2 Å². The zero-order valence-electron chi connectivity index (χ0n) is 11.0. The molecule has 0 heterocycles. The summed E-state index contributed by atoms with van der Waals surface area (Å²) in [5.74, 6) is -1.13. The molecule has 1 aliphatic carbocycles. The van der Waals surface area contributed by atoms with Gasteiger partial charge in [0, 0.05) is 19.6 Å². The van der Waals surface area contributed by atoms with Crippen molar-refractivity contribution in [3.63, 3.8) is 0 Å². The number of carboxylic acids is 1. The average Bonchev–Trinajstić information content (AvgIpc) is 2.35. The van der Waals surface area contributed by atoms with Crippen LogP contribution in [-0.4, -0.2) is 54.3 Å². The average molecular weight is 278 g/mol. The predicted octanol–water partition coefficient (Wildman–Crippen LogP) is 0.902. The minimum atomic E-state index is -3.66. The predicted molar refractivity (Wildman–Crippen MR) is 68.4 cm³/mol. The van der Waals surface area contributed by atoms with Gasteiger partial charge in [0.05, 0.1) is 0 Å². The van der Waals surface area contributed by atoms with Crippen molar-refractivity contribution in [1.29, 1.82) is 0 Å². The Balaban J connectivity index is 2.78. The van der Waals surface area contributed by atoms with Crippen molar-refractivity contribution in [3.05, 3.63) is 0 Å². The fourth-order valence-corrected chi connectivity index (χ4v) is 3.87. The van der Waals surface area contributed by atoms with Crippen LogP contribution in [0.15, 0.2) is 0 Å². The van der Waals surface area contributed by atoms with Crippen LogP contribution in [-0.2, 0) is 15.0 Å². The van der Waals surface area contributed by atoms with Gasteiger partial charge in [0.15, 0.2) is 0 Å². The fourth-order valence-electron chi connectivity index (χ4n) is 2.32. The third-order valence-corrected chi connectivity index (χ3v) is 5.51. The molecule has 0 aromatic heterocycles. The number of likely N-dealkylation sites (N-methyl/N-ethyl adjacent to an activating group) is 1. The minimum Gasteiger partial charge on any atom is -0.480 e. The largest absolute Gasteiger partial charge is 0.480 e. The van der Waals surface area contributed by atoms with Gasteiger partial charge >= 0.3 is 5.97 Å². The Morgan fingerprint density at radius 1 is 1.28 bits per heavy atom.